The summed E-state index contributed by atoms with van der Waals surface area (Å²) in [6.07, 6.45) is 11.9. The predicted octanol–water partition coefficient (Wildman–Crippen LogP) is 8.89. The Morgan fingerprint density at radius 2 is 0.721 bits per heavy atom. The largest absolute Gasteiger partial charge is 0.501 e. The first-order valence-electron chi connectivity index (χ1n) is 30.2. The fraction of sp³-hybridized carbons (Fsp3) is 0.478. The van der Waals surface area contributed by atoms with Crippen LogP contribution in [-0.4, -0.2) is 145 Å². The van der Waals surface area contributed by atoms with Crippen LogP contribution in [0.3, 0.4) is 0 Å². The monoisotopic (exact) mass is 1180 g/mol. The van der Waals surface area contributed by atoms with E-state index >= 15 is 0 Å². The van der Waals surface area contributed by atoms with E-state index in [-0.39, 0.29) is 56.4 Å². The molecule has 6 saturated heterocycles. The topological polar surface area (TPSA) is 210 Å². The van der Waals surface area contributed by atoms with Gasteiger partial charge in [0.05, 0.1) is 85.2 Å². The van der Waals surface area contributed by atoms with Gasteiger partial charge in [0.15, 0.2) is 0 Å². The number of ether oxygens (including phenoxy) is 14. The Morgan fingerprint density at radius 1 is 0.384 bits per heavy atom. The third-order valence-corrected chi connectivity index (χ3v) is 17.1. The van der Waals surface area contributed by atoms with E-state index in [0.717, 1.165) is 186 Å². The van der Waals surface area contributed by atoms with Crippen LogP contribution in [0.1, 0.15) is 73.7 Å². The van der Waals surface area contributed by atoms with Crippen LogP contribution in [0.2, 0.25) is 0 Å². The van der Waals surface area contributed by atoms with Gasteiger partial charge in [-0.2, -0.15) is 0 Å². The second-order valence-electron chi connectivity index (χ2n) is 23.9. The summed E-state index contributed by atoms with van der Waals surface area (Å²) >= 11 is 0. The minimum absolute atomic E-state index is 0.00412. The van der Waals surface area contributed by atoms with Crippen LogP contribution >= 0.6 is 0 Å². The van der Waals surface area contributed by atoms with Gasteiger partial charge < -0.3 is 81.6 Å². The molecule has 9 aliphatic rings. The summed E-state index contributed by atoms with van der Waals surface area (Å²) in [5.41, 5.74) is 14.0. The van der Waals surface area contributed by atoms with Crippen LogP contribution in [0, 0.1) is 20.8 Å². The third-order valence-electron chi connectivity index (χ3n) is 17.1. The summed E-state index contributed by atoms with van der Waals surface area (Å²) in [6, 6.07) is 12.2. The molecule has 17 heteroatoms. The molecule has 6 heterocycles. The van der Waals surface area contributed by atoms with Gasteiger partial charge in [-0.15, -0.1) is 0 Å². The molecule has 456 valence electrons. The number of allylic oxidation sites excluding steroid dienone is 6. The van der Waals surface area contributed by atoms with Crippen molar-refractivity contribution in [3.05, 3.63) is 138 Å². The van der Waals surface area contributed by atoms with E-state index < -0.39 is 0 Å². The quantitative estimate of drug-likeness (QED) is 0.0404. The minimum atomic E-state index is -0.0641. The Balaban J connectivity index is 0.000000120. The van der Waals surface area contributed by atoms with Gasteiger partial charge in [0.25, 0.3) is 0 Å². The standard InChI is InChI=1S/2C23H26O6.C23H26O5/c1-13-5-14(8-24)6-20-21(13)23(29-12-17-10-27-17)19-7-15(25-2)3-4-18(19)22(20)28-11-16-9-26-16;1-13-5-14(8-24)21-20(6-13)22(28-11-16-9-26-16)18-4-3-15(25-2)7-19(18)23(21)29-12-17-10-27-17;1-13-3-4-18-19(5-13)23(28-12-17-10-26-17)21-14(2)6-15(8-24)7-20(21)22(18)27-11-16-9-25-16/h2*3,5-6,16-17,24H,4,7-12H2,1-2H3;3,6-7,16-17,24H,4-5,8-12H2,1-2H3. The zero-order chi connectivity index (χ0) is 59.2. The van der Waals surface area contributed by atoms with E-state index in [1.807, 2.05) is 37.3 Å². The van der Waals surface area contributed by atoms with Crippen LogP contribution < -0.4 is 28.4 Å². The van der Waals surface area contributed by atoms with Crippen molar-refractivity contribution >= 4 is 32.3 Å². The first-order valence-corrected chi connectivity index (χ1v) is 30.2. The van der Waals surface area contributed by atoms with Crippen LogP contribution in [-0.2, 0) is 96.2 Å². The van der Waals surface area contributed by atoms with Crippen LogP contribution in [0.15, 0.2) is 71.7 Å². The smallest absolute Gasteiger partial charge is 0.131 e. The molecule has 6 aliphatic heterocycles. The van der Waals surface area contributed by atoms with Gasteiger partial charge in [-0.3, -0.25) is 0 Å². The van der Waals surface area contributed by atoms with Gasteiger partial charge in [0.2, 0.25) is 0 Å². The molecule has 0 saturated carbocycles. The molecule has 15 rings (SSSR count). The van der Waals surface area contributed by atoms with Crippen molar-refractivity contribution in [1.29, 1.82) is 0 Å². The average molecular weight is 1180 g/mol. The molecule has 0 aromatic heterocycles. The number of benzene rings is 6. The number of hydrogen-bond acceptors (Lipinski definition) is 17. The fourth-order valence-electron chi connectivity index (χ4n) is 12.2. The number of methoxy groups -OCH3 is 2. The summed E-state index contributed by atoms with van der Waals surface area (Å²) in [6.45, 7) is 16.0. The van der Waals surface area contributed by atoms with Gasteiger partial charge in [-0.25, -0.2) is 0 Å². The summed E-state index contributed by atoms with van der Waals surface area (Å²) in [5.74, 6) is 7.14. The summed E-state index contributed by atoms with van der Waals surface area (Å²) in [7, 11) is 3.40. The summed E-state index contributed by atoms with van der Waals surface area (Å²) in [5, 5.41) is 35.6. The van der Waals surface area contributed by atoms with Gasteiger partial charge in [-0.05, 0) is 117 Å². The number of aliphatic hydroxyl groups excluding tert-OH is 3. The van der Waals surface area contributed by atoms with E-state index in [0.29, 0.717) is 65.3 Å². The highest BCUT2D eigenvalue weighted by Crippen LogP contribution is 2.50. The molecule has 0 spiro atoms. The lowest BCUT2D eigenvalue weighted by Gasteiger charge is -2.26. The predicted molar refractivity (Wildman–Crippen MR) is 321 cm³/mol. The molecule has 0 bridgehead atoms. The highest BCUT2D eigenvalue weighted by Gasteiger charge is 2.35. The maximum absolute atomic E-state index is 10.1. The zero-order valence-electron chi connectivity index (χ0n) is 50.1. The molecule has 0 radical (unpaired) electrons. The number of fused-ring (bicyclic) bond motifs is 6. The van der Waals surface area contributed by atoms with Crippen LogP contribution in [0.5, 0.6) is 34.5 Å². The molecule has 6 aromatic rings. The highest BCUT2D eigenvalue weighted by molar-refractivity contribution is 6.01. The van der Waals surface area contributed by atoms with E-state index in [2.05, 4.69) is 45.1 Å². The summed E-state index contributed by atoms with van der Waals surface area (Å²) in [4.78, 5) is 0. The van der Waals surface area contributed by atoms with E-state index in [9.17, 15) is 15.3 Å². The van der Waals surface area contributed by atoms with Crippen molar-refractivity contribution in [2.24, 2.45) is 0 Å². The second-order valence-corrected chi connectivity index (χ2v) is 23.9. The Kier molecular flexibility index (Phi) is 17.1. The number of epoxide rings is 6. The lowest BCUT2D eigenvalue weighted by Crippen LogP contribution is -2.15. The molecular formula is C69H78O17. The molecule has 3 N–H and O–H groups in total. The van der Waals surface area contributed by atoms with E-state index in [1.165, 1.54) is 16.7 Å². The van der Waals surface area contributed by atoms with Gasteiger partial charge in [0, 0.05) is 78.5 Å². The lowest BCUT2D eigenvalue weighted by atomic mass is 9.86. The first kappa shape index (κ1) is 58.4. The number of aryl methyl sites for hydroxylation is 3. The van der Waals surface area contributed by atoms with E-state index in [1.54, 1.807) is 14.2 Å². The van der Waals surface area contributed by atoms with Crippen molar-refractivity contribution in [2.75, 3.05) is 93.5 Å². The first-order chi connectivity index (χ1) is 42.0. The van der Waals surface area contributed by atoms with Crippen LogP contribution in [0.25, 0.3) is 32.3 Å². The maximum Gasteiger partial charge on any atom is 0.131 e. The normalized spacial score (nSPS) is 22.3. The molecular weight excluding hydrogens is 1100 g/mol. The maximum atomic E-state index is 10.1. The third kappa shape index (κ3) is 13.0. The molecule has 0 amide bonds. The molecule has 6 fully saturated rings. The number of aliphatic hydroxyl groups is 3. The Labute approximate surface area is 501 Å². The molecule has 6 atom stereocenters. The molecule has 3 aliphatic carbocycles. The lowest BCUT2D eigenvalue weighted by molar-refractivity contribution is 0.251. The Hall–Kier alpha value is -6.64. The second kappa shape index (κ2) is 25.2. The SMILES string of the molecule is CC1=CCc2c(c(OCC3CO3)c3c(C)cc(CO)cc3c2OCC2CO2)C1.COC1=CCc2c(c(OCC3CO3)c3c(C)cc(CO)cc3c2OCC2CO2)C1.COC1=CCc2c(c(OCC3CO3)c3c(CO)cc(C)cc3c2OCC2CO2)C1. The number of rotatable bonds is 23. The minimum Gasteiger partial charge on any atom is -0.501 e. The molecule has 17 nitrogen and oxygen atoms in total. The highest BCUT2D eigenvalue weighted by atomic mass is 16.6. The van der Waals surface area contributed by atoms with Crippen molar-refractivity contribution in [3.63, 3.8) is 0 Å². The fourth-order valence-corrected chi connectivity index (χ4v) is 12.2. The number of hydrogen-bond donors (Lipinski definition) is 3. The molecule has 6 aromatic carbocycles. The summed E-state index contributed by atoms with van der Waals surface area (Å²) < 4.78 is 81.1. The Morgan fingerprint density at radius 3 is 1.07 bits per heavy atom. The molecule has 6 unspecified atom stereocenters. The van der Waals surface area contributed by atoms with Gasteiger partial charge in [0.1, 0.15) is 111 Å². The van der Waals surface area contributed by atoms with E-state index in [4.69, 9.17) is 66.3 Å². The Bertz CT molecular complexity index is 3620. The van der Waals surface area contributed by atoms with Gasteiger partial charge in [-0.1, -0.05) is 29.8 Å². The molecule has 86 heavy (non-hydrogen) atoms. The van der Waals surface area contributed by atoms with Crippen molar-refractivity contribution in [2.45, 2.75) is 123 Å². The van der Waals surface area contributed by atoms with Gasteiger partial charge >= 0.3 is 0 Å². The average Bonchev–Trinajstić information content (AvgIpc) is 2.28. The van der Waals surface area contributed by atoms with Crippen molar-refractivity contribution in [1.82, 2.24) is 0 Å². The van der Waals surface area contributed by atoms with Crippen LogP contribution in [0.4, 0.5) is 0 Å². The van der Waals surface area contributed by atoms with Crippen molar-refractivity contribution < 1.29 is 81.6 Å². The van der Waals surface area contributed by atoms with Crippen molar-refractivity contribution in [3.8, 4) is 34.5 Å². The zero-order valence-corrected chi connectivity index (χ0v) is 50.1.